The Kier molecular flexibility index (Phi) is 5.45. The average molecular weight is 430 g/mol. The van der Waals surface area contributed by atoms with Crippen LogP contribution in [0.1, 0.15) is 43.3 Å². The van der Waals surface area contributed by atoms with Gasteiger partial charge in [0.05, 0.1) is 5.52 Å². The van der Waals surface area contributed by atoms with Gasteiger partial charge < -0.3 is 20.9 Å². The lowest BCUT2D eigenvalue weighted by Crippen LogP contribution is -2.28. The lowest BCUT2D eigenvalue weighted by Gasteiger charge is -2.24. The van der Waals surface area contributed by atoms with Crippen LogP contribution < -0.4 is 16.6 Å². The van der Waals surface area contributed by atoms with Gasteiger partial charge in [-0.25, -0.2) is 6.57 Å². The second-order valence-electron chi connectivity index (χ2n) is 7.68. The fourth-order valence-corrected chi connectivity index (χ4v) is 4.10. The van der Waals surface area contributed by atoms with Gasteiger partial charge in [-0.1, -0.05) is 18.6 Å². The molecule has 2 heterocycles. The van der Waals surface area contributed by atoms with Gasteiger partial charge in [0.25, 0.3) is 5.56 Å². The number of benzene rings is 1. The summed E-state index contributed by atoms with van der Waals surface area (Å²) in [5.41, 5.74) is 5.76. The number of aromatic nitrogens is 3. The molecule has 7 nitrogen and oxygen atoms in total. The molecule has 1 aromatic carbocycles. The summed E-state index contributed by atoms with van der Waals surface area (Å²) in [5, 5.41) is 7.85. The molecule has 1 aliphatic rings. The number of fused-ring (bicyclic) bond motifs is 1. The van der Waals surface area contributed by atoms with Gasteiger partial charge >= 0.3 is 6.18 Å². The minimum absolute atomic E-state index is 0.101. The molecule has 4 N–H and O–H groups in total. The maximum absolute atomic E-state index is 13.0. The maximum Gasteiger partial charge on any atom is 0.407 e. The van der Waals surface area contributed by atoms with E-state index in [2.05, 4.69) is 20.2 Å². The smallest absolute Gasteiger partial charge is 0.338 e. The summed E-state index contributed by atoms with van der Waals surface area (Å²) in [5.74, 6) is 0.226. The lowest BCUT2D eigenvalue weighted by atomic mass is 9.91. The predicted octanol–water partition coefficient (Wildman–Crippen LogP) is 4.43. The number of H-pyrrole nitrogens is 1. The quantitative estimate of drug-likeness (QED) is 0.534. The van der Waals surface area contributed by atoms with Crippen LogP contribution in [-0.4, -0.2) is 27.0 Å². The largest absolute Gasteiger partial charge is 0.407 e. The summed E-state index contributed by atoms with van der Waals surface area (Å²) in [6, 6.07) is 4.83. The first kappa shape index (κ1) is 20.9. The van der Waals surface area contributed by atoms with Crippen molar-refractivity contribution in [3.05, 3.63) is 63.9 Å². The van der Waals surface area contributed by atoms with Crippen LogP contribution in [-0.2, 0) is 0 Å². The second kappa shape index (κ2) is 8.07. The summed E-state index contributed by atoms with van der Waals surface area (Å²) in [4.78, 5) is 18.9. The number of rotatable bonds is 4. The molecule has 1 fully saturated rings. The standard InChI is InChI=1S/C21H21F3N6O/c1-26-14-7-2-3-8-15(14)30-16-9-10-27-20(31)17(16)19(29-30)28-13-6-4-5-12(11-13)18(25)21(22,23)24/h4-6,9-11,14-15,18H,2-3,7-8,25H2,(H,27,31)(H,28,29)/t14-,15-,18-/m0/s1. The highest BCUT2D eigenvalue weighted by Crippen LogP contribution is 2.35. The van der Waals surface area contributed by atoms with Crippen LogP contribution in [0.4, 0.5) is 24.7 Å². The molecule has 3 aromatic rings. The minimum atomic E-state index is -4.57. The van der Waals surface area contributed by atoms with Gasteiger partial charge in [-0.2, -0.15) is 18.3 Å². The number of hydrogen-bond acceptors (Lipinski definition) is 4. The van der Waals surface area contributed by atoms with E-state index in [1.165, 1.54) is 24.4 Å². The van der Waals surface area contributed by atoms with Crippen molar-refractivity contribution in [2.45, 2.75) is 50.0 Å². The number of nitrogens with zero attached hydrogens (tertiary/aromatic N) is 3. The van der Waals surface area contributed by atoms with E-state index in [1.54, 1.807) is 16.8 Å². The van der Waals surface area contributed by atoms with Crippen LogP contribution in [0, 0.1) is 6.57 Å². The van der Waals surface area contributed by atoms with Crippen LogP contribution in [0.2, 0.25) is 0 Å². The number of nitrogens with one attached hydrogen (secondary N) is 2. The molecule has 3 atom stereocenters. The van der Waals surface area contributed by atoms with E-state index in [-0.39, 0.29) is 29.0 Å². The number of alkyl halides is 3. The van der Waals surface area contributed by atoms with Gasteiger partial charge in [0.2, 0.25) is 6.04 Å². The van der Waals surface area contributed by atoms with E-state index in [1.807, 2.05) is 0 Å². The van der Waals surface area contributed by atoms with Gasteiger partial charge in [0.1, 0.15) is 17.5 Å². The van der Waals surface area contributed by atoms with Crippen LogP contribution in [0.25, 0.3) is 15.7 Å². The minimum Gasteiger partial charge on any atom is -0.338 e. The van der Waals surface area contributed by atoms with Gasteiger partial charge in [0, 0.05) is 18.3 Å². The Morgan fingerprint density at radius 1 is 1.29 bits per heavy atom. The highest BCUT2D eigenvalue weighted by molar-refractivity contribution is 5.91. The molecule has 0 bridgehead atoms. The van der Waals surface area contributed by atoms with E-state index in [4.69, 9.17) is 12.3 Å². The first-order chi connectivity index (χ1) is 14.8. The monoisotopic (exact) mass is 430 g/mol. The Morgan fingerprint density at radius 3 is 2.81 bits per heavy atom. The Bertz CT molecular complexity index is 1190. The normalized spacial score (nSPS) is 20.4. The second-order valence-corrected chi connectivity index (χ2v) is 7.68. The van der Waals surface area contributed by atoms with Crippen molar-refractivity contribution in [2.75, 3.05) is 5.32 Å². The third-order valence-corrected chi connectivity index (χ3v) is 5.67. The first-order valence-electron chi connectivity index (χ1n) is 9.95. The van der Waals surface area contributed by atoms with Crippen molar-refractivity contribution in [3.63, 3.8) is 0 Å². The Labute approximate surface area is 175 Å². The van der Waals surface area contributed by atoms with E-state index in [0.717, 1.165) is 25.7 Å². The summed E-state index contributed by atoms with van der Waals surface area (Å²) in [7, 11) is 0. The van der Waals surface area contributed by atoms with Crippen LogP contribution in [0.15, 0.2) is 41.3 Å². The van der Waals surface area contributed by atoms with Crippen LogP contribution in [0.3, 0.4) is 0 Å². The van der Waals surface area contributed by atoms with Gasteiger partial charge in [0.15, 0.2) is 5.82 Å². The Balaban J connectivity index is 1.76. The Hall–Kier alpha value is -3.32. The fourth-order valence-electron chi connectivity index (χ4n) is 4.10. The molecule has 1 saturated carbocycles. The number of nitrogens with two attached hydrogens (primary N) is 1. The summed E-state index contributed by atoms with van der Waals surface area (Å²) in [6.07, 6.45) is 0.415. The molecule has 162 valence electrons. The number of aromatic amines is 1. The summed E-state index contributed by atoms with van der Waals surface area (Å²) in [6.45, 7) is 7.52. The fraction of sp³-hybridized carbons (Fsp3) is 0.381. The molecule has 0 unspecified atom stereocenters. The lowest BCUT2D eigenvalue weighted by molar-refractivity contribution is -0.149. The third kappa shape index (κ3) is 4.01. The highest BCUT2D eigenvalue weighted by Gasteiger charge is 2.38. The average Bonchev–Trinajstić information content (AvgIpc) is 3.12. The molecule has 0 spiro atoms. The van der Waals surface area contributed by atoms with Crippen molar-refractivity contribution in [2.24, 2.45) is 5.73 Å². The van der Waals surface area contributed by atoms with E-state index in [0.29, 0.717) is 16.6 Å². The van der Waals surface area contributed by atoms with Crippen molar-refractivity contribution in [3.8, 4) is 0 Å². The summed E-state index contributed by atoms with van der Waals surface area (Å²) >= 11 is 0. The van der Waals surface area contributed by atoms with Crippen molar-refractivity contribution >= 4 is 22.4 Å². The zero-order valence-electron chi connectivity index (χ0n) is 16.5. The van der Waals surface area contributed by atoms with E-state index in [9.17, 15) is 18.0 Å². The van der Waals surface area contributed by atoms with Gasteiger partial charge in [-0.3, -0.25) is 9.48 Å². The Morgan fingerprint density at radius 2 is 2.06 bits per heavy atom. The molecular formula is C21H21F3N6O. The van der Waals surface area contributed by atoms with Crippen molar-refractivity contribution in [1.82, 2.24) is 14.8 Å². The molecule has 0 saturated heterocycles. The highest BCUT2D eigenvalue weighted by atomic mass is 19.4. The third-order valence-electron chi connectivity index (χ3n) is 5.67. The number of anilines is 2. The van der Waals surface area contributed by atoms with Crippen molar-refractivity contribution in [1.29, 1.82) is 0 Å². The van der Waals surface area contributed by atoms with E-state index >= 15 is 0 Å². The molecule has 0 aliphatic heterocycles. The maximum atomic E-state index is 13.0. The zero-order chi connectivity index (χ0) is 22.2. The molecule has 0 radical (unpaired) electrons. The molecule has 10 heteroatoms. The zero-order valence-corrected chi connectivity index (χ0v) is 16.5. The number of hydrogen-bond donors (Lipinski definition) is 3. The molecule has 31 heavy (non-hydrogen) atoms. The van der Waals surface area contributed by atoms with Crippen LogP contribution >= 0.6 is 0 Å². The molecule has 2 aromatic heterocycles. The van der Waals surface area contributed by atoms with Gasteiger partial charge in [-0.15, -0.1) is 0 Å². The summed E-state index contributed by atoms with van der Waals surface area (Å²) < 4.78 is 40.7. The predicted molar refractivity (Wildman–Crippen MR) is 111 cm³/mol. The molecule has 0 amide bonds. The molecule has 4 rings (SSSR count). The van der Waals surface area contributed by atoms with Crippen molar-refractivity contribution < 1.29 is 13.2 Å². The topological polar surface area (TPSA) is 93.1 Å². The van der Waals surface area contributed by atoms with E-state index < -0.39 is 12.2 Å². The number of pyridine rings is 1. The SMILES string of the molecule is [C-]#[N+][C@H]1CCCC[C@@H]1n1nc(Nc2cccc([C@H](N)C(F)(F)F)c2)c2c(=O)[nH]ccc21. The molecule has 1 aliphatic carbocycles. The van der Waals surface area contributed by atoms with Gasteiger partial charge in [-0.05, 0) is 36.6 Å². The van der Waals surface area contributed by atoms with Crippen LogP contribution in [0.5, 0.6) is 0 Å². The number of halogens is 3. The first-order valence-corrected chi connectivity index (χ1v) is 9.95. The molecular weight excluding hydrogens is 409 g/mol.